The molecule has 0 amide bonds. The number of sulfone groups is 1. The molecular weight excluding hydrogens is 218 g/mol. The molecule has 90 valence electrons. The van der Waals surface area contributed by atoms with Gasteiger partial charge in [0.2, 0.25) is 0 Å². The molecule has 0 heterocycles. The highest BCUT2D eigenvalue weighted by Gasteiger charge is 2.09. The van der Waals surface area contributed by atoms with E-state index in [0.29, 0.717) is 19.4 Å². The summed E-state index contributed by atoms with van der Waals surface area (Å²) in [6.07, 6.45) is 2.42. The van der Waals surface area contributed by atoms with E-state index in [-0.39, 0.29) is 17.6 Å². The van der Waals surface area contributed by atoms with Gasteiger partial charge in [0.05, 0.1) is 5.75 Å². The van der Waals surface area contributed by atoms with Gasteiger partial charge in [0, 0.05) is 18.7 Å². The van der Waals surface area contributed by atoms with Gasteiger partial charge in [-0.25, -0.2) is 8.42 Å². The number of hydrogen-bond donors (Lipinski definition) is 3. The van der Waals surface area contributed by atoms with E-state index in [9.17, 15) is 8.42 Å². The second-order valence-corrected chi connectivity index (χ2v) is 5.83. The summed E-state index contributed by atoms with van der Waals surface area (Å²) in [5.41, 5.74) is 5.27. The summed E-state index contributed by atoms with van der Waals surface area (Å²) >= 11 is 0. The van der Waals surface area contributed by atoms with Gasteiger partial charge < -0.3 is 16.3 Å². The fraction of sp³-hybridized carbons (Fsp3) is 0.875. The molecule has 0 spiro atoms. The van der Waals surface area contributed by atoms with Crippen LogP contribution in [0.2, 0.25) is 0 Å². The standard InChI is InChI=1S/C8H19N3O3S/c1-7(6-15(2,13)14)10-5-3-4-8(9)11-12/h7,10,12H,3-6H2,1-2H3,(H2,9,11). The molecule has 0 aliphatic carbocycles. The molecular formula is C8H19N3O3S. The van der Waals surface area contributed by atoms with Crippen LogP contribution < -0.4 is 11.1 Å². The van der Waals surface area contributed by atoms with Crippen LogP contribution in [0.4, 0.5) is 0 Å². The van der Waals surface area contributed by atoms with Gasteiger partial charge in [0.1, 0.15) is 15.7 Å². The largest absolute Gasteiger partial charge is 0.409 e. The first kappa shape index (κ1) is 14.2. The molecule has 0 rings (SSSR count). The van der Waals surface area contributed by atoms with Crippen LogP contribution in [-0.2, 0) is 9.84 Å². The van der Waals surface area contributed by atoms with Gasteiger partial charge in [-0.1, -0.05) is 5.16 Å². The molecule has 0 saturated carbocycles. The number of rotatable bonds is 7. The van der Waals surface area contributed by atoms with Gasteiger partial charge in [-0.2, -0.15) is 0 Å². The van der Waals surface area contributed by atoms with E-state index in [2.05, 4.69) is 10.5 Å². The highest BCUT2D eigenvalue weighted by atomic mass is 32.2. The van der Waals surface area contributed by atoms with Crippen LogP contribution in [0.5, 0.6) is 0 Å². The van der Waals surface area contributed by atoms with Crippen molar-refractivity contribution >= 4 is 15.7 Å². The maximum absolute atomic E-state index is 10.9. The first-order chi connectivity index (χ1) is 6.85. The zero-order valence-corrected chi connectivity index (χ0v) is 9.92. The summed E-state index contributed by atoms with van der Waals surface area (Å²) in [5, 5.41) is 14.1. The van der Waals surface area contributed by atoms with Gasteiger partial charge in [-0.05, 0) is 19.9 Å². The molecule has 4 N–H and O–H groups in total. The number of nitrogens with two attached hydrogens (primary N) is 1. The Labute approximate surface area is 90.5 Å². The molecule has 1 unspecified atom stereocenters. The molecule has 1 atom stereocenters. The number of nitrogens with zero attached hydrogens (tertiary/aromatic N) is 1. The van der Waals surface area contributed by atoms with Gasteiger partial charge in [0.25, 0.3) is 0 Å². The molecule has 0 aromatic rings. The van der Waals surface area contributed by atoms with E-state index in [4.69, 9.17) is 10.9 Å². The van der Waals surface area contributed by atoms with Crippen molar-refractivity contribution in [3.63, 3.8) is 0 Å². The van der Waals surface area contributed by atoms with Gasteiger partial charge in [-0.3, -0.25) is 0 Å². The topological polar surface area (TPSA) is 105 Å². The first-order valence-electron chi connectivity index (χ1n) is 4.72. The number of hydrogen-bond acceptors (Lipinski definition) is 5. The number of nitrogens with one attached hydrogen (secondary N) is 1. The second-order valence-electron chi connectivity index (χ2n) is 3.64. The summed E-state index contributed by atoms with van der Waals surface area (Å²) < 4.78 is 21.8. The Morgan fingerprint density at radius 1 is 1.60 bits per heavy atom. The number of oxime groups is 1. The monoisotopic (exact) mass is 237 g/mol. The molecule has 7 heteroatoms. The predicted octanol–water partition coefficient (Wildman–Crippen LogP) is -0.464. The third-order valence-electron chi connectivity index (χ3n) is 1.78. The van der Waals surface area contributed by atoms with Gasteiger partial charge >= 0.3 is 0 Å². The Morgan fingerprint density at radius 3 is 2.67 bits per heavy atom. The van der Waals surface area contributed by atoms with Crippen molar-refractivity contribution in [2.24, 2.45) is 10.9 Å². The van der Waals surface area contributed by atoms with Crippen LogP contribution in [0.1, 0.15) is 19.8 Å². The van der Waals surface area contributed by atoms with E-state index in [1.165, 1.54) is 6.26 Å². The minimum Gasteiger partial charge on any atom is -0.409 e. The highest BCUT2D eigenvalue weighted by molar-refractivity contribution is 7.90. The maximum Gasteiger partial charge on any atom is 0.148 e. The Morgan fingerprint density at radius 2 is 2.20 bits per heavy atom. The minimum absolute atomic E-state index is 0.0766. The highest BCUT2D eigenvalue weighted by Crippen LogP contribution is 1.92. The Bertz CT molecular complexity index is 300. The second kappa shape index (κ2) is 6.62. The lowest BCUT2D eigenvalue weighted by Crippen LogP contribution is -2.33. The lowest BCUT2D eigenvalue weighted by atomic mass is 10.3. The first-order valence-corrected chi connectivity index (χ1v) is 6.78. The summed E-state index contributed by atoms with van der Waals surface area (Å²) in [7, 11) is -2.93. The van der Waals surface area contributed by atoms with Crippen molar-refractivity contribution in [2.75, 3.05) is 18.6 Å². The van der Waals surface area contributed by atoms with Crippen LogP contribution in [0, 0.1) is 0 Å². The van der Waals surface area contributed by atoms with Crippen molar-refractivity contribution in [2.45, 2.75) is 25.8 Å². The molecule has 0 aliphatic rings. The molecule has 0 aliphatic heterocycles. The fourth-order valence-electron chi connectivity index (χ4n) is 1.18. The van der Waals surface area contributed by atoms with Crippen LogP contribution in [0.25, 0.3) is 0 Å². The van der Waals surface area contributed by atoms with E-state index in [1.807, 2.05) is 6.92 Å². The average Bonchev–Trinajstić information content (AvgIpc) is 2.09. The lowest BCUT2D eigenvalue weighted by molar-refractivity contribution is 0.316. The molecule has 6 nitrogen and oxygen atoms in total. The van der Waals surface area contributed by atoms with Crippen molar-refractivity contribution in [1.82, 2.24) is 5.32 Å². The van der Waals surface area contributed by atoms with Gasteiger partial charge in [-0.15, -0.1) is 0 Å². The lowest BCUT2D eigenvalue weighted by Gasteiger charge is -2.11. The van der Waals surface area contributed by atoms with Crippen molar-refractivity contribution in [3.05, 3.63) is 0 Å². The van der Waals surface area contributed by atoms with Crippen molar-refractivity contribution < 1.29 is 13.6 Å². The van der Waals surface area contributed by atoms with E-state index >= 15 is 0 Å². The Balaban J connectivity index is 3.60. The Kier molecular flexibility index (Phi) is 6.26. The maximum atomic E-state index is 10.9. The van der Waals surface area contributed by atoms with E-state index in [1.54, 1.807) is 0 Å². The molecule has 0 aromatic heterocycles. The van der Waals surface area contributed by atoms with Gasteiger partial charge in [0.15, 0.2) is 0 Å². The molecule has 0 aromatic carbocycles. The molecule has 0 bridgehead atoms. The van der Waals surface area contributed by atoms with Crippen LogP contribution >= 0.6 is 0 Å². The summed E-state index contributed by atoms with van der Waals surface area (Å²) in [4.78, 5) is 0. The van der Waals surface area contributed by atoms with Crippen molar-refractivity contribution in [3.8, 4) is 0 Å². The molecule has 0 saturated heterocycles. The van der Waals surface area contributed by atoms with E-state index in [0.717, 1.165) is 0 Å². The SMILES string of the molecule is CC(CS(C)(=O)=O)NCCCC(N)=NO. The van der Waals surface area contributed by atoms with E-state index < -0.39 is 9.84 Å². The minimum atomic E-state index is -2.93. The third kappa shape index (κ3) is 9.48. The normalized spacial score (nSPS) is 15.2. The summed E-state index contributed by atoms with van der Waals surface area (Å²) in [6, 6.07) is -0.0766. The fourth-order valence-corrected chi connectivity index (χ4v) is 2.21. The molecule has 0 radical (unpaired) electrons. The third-order valence-corrected chi connectivity index (χ3v) is 2.89. The zero-order valence-electron chi connectivity index (χ0n) is 9.10. The molecule has 0 fully saturated rings. The number of amidine groups is 1. The van der Waals surface area contributed by atoms with Crippen LogP contribution in [0.3, 0.4) is 0 Å². The zero-order chi connectivity index (χ0) is 11.9. The van der Waals surface area contributed by atoms with Crippen molar-refractivity contribution in [1.29, 1.82) is 0 Å². The van der Waals surface area contributed by atoms with Crippen LogP contribution in [-0.4, -0.2) is 44.1 Å². The van der Waals surface area contributed by atoms with Crippen LogP contribution in [0.15, 0.2) is 5.16 Å². The summed E-state index contributed by atoms with van der Waals surface area (Å²) in [5.74, 6) is 0.309. The average molecular weight is 237 g/mol. The predicted molar refractivity (Wildman–Crippen MR) is 59.8 cm³/mol. The smallest absolute Gasteiger partial charge is 0.148 e. The Hall–Kier alpha value is -0.820. The molecule has 15 heavy (non-hydrogen) atoms. The summed E-state index contributed by atoms with van der Waals surface area (Å²) in [6.45, 7) is 2.46. The quantitative estimate of drug-likeness (QED) is 0.183.